The van der Waals surface area contributed by atoms with Crippen molar-refractivity contribution in [3.63, 3.8) is 0 Å². The molecule has 0 unspecified atom stereocenters. The van der Waals surface area contributed by atoms with E-state index in [1.165, 1.54) is 0 Å². The number of nitrogens with zero attached hydrogens (tertiary/aromatic N) is 4. The van der Waals surface area contributed by atoms with Gasteiger partial charge in [0.25, 0.3) is 0 Å². The molecule has 5 nitrogen and oxygen atoms in total. The van der Waals surface area contributed by atoms with Crippen molar-refractivity contribution in [2.45, 2.75) is 18.9 Å². The molecule has 0 saturated carbocycles. The Morgan fingerprint density at radius 2 is 1.94 bits per heavy atom. The van der Waals surface area contributed by atoms with E-state index in [-0.39, 0.29) is 5.54 Å². The molecule has 0 radical (unpaired) electrons. The first kappa shape index (κ1) is 10.4. The summed E-state index contributed by atoms with van der Waals surface area (Å²) >= 11 is 0. The van der Waals surface area contributed by atoms with Gasteiger partial charge in [-0.3, -0.25) is 0 Å². The summed E-state index contributed by atoms with van der Waals surface area (Å²) in [5, 5.41) is 8.30. The van der Waals surface area contributed by atoms with E-state index in [4.69, 9.17) is 5.73 Å². The first-order chi connectivity index (χ1) is 8.20. The number of fused-ring (bicyclic) bond motifs is 1. The molecule has 1 saturated heterocycles. The lowest BCUT2D eigenvalue weighted by Crippen LogP contribution is -2.67. The average Bonchev–Trinajstić information content (AvgIpc) is 2.34. The number of benzene rings is 1. The summed E-state index contributed by atoms with van der Waals surface area (Å²) in [6.07, 6.45) is 0.977. The van der Waals surface area contributed by atoms with Gasteiger partial charge in [0.2, 0.25) is 5.95 Å². The number of rotatable bonds is 2. The minimum atomic E-state index is -0.0744. The van der Waals surface area contributed by atoms with Gasteiger partial charge in [-0.15, -0.1) is 10.2 Å². The quantitative estimate of drug-likeness (QED) is 0.830. The molecule has 0 aliphatic carbocycles. The van der Waals surface area contributed by atoms with Crippen LogP contribution in [0.15, 0.2) is 24.3 Å². The molecule has 1 aromatic heterocycles. The average molecular weight is 229 g/mol. The van der Waals surface area contributed by atoms with Gasteiger partial charge in [-0.05, 0) is 18.6 Å². The van der Waals surface area contributed by atoms with Crippen molar-refractivity contribution in [1.82, 2.24) is 15.2 Å². The predicted octanol–water partition coefficient (Wildman–Crippen LogP) is 0.952. The molecule has 1 aliphatic heterocycles. The van der Waals surface area contributed by atoms with E-state index < -0.39 is 0 Å². The molecule has 0 amide bonds. The Morgan fingerprint density at radius 1 is 1.24 bits per heavy atom. The maximum absolute atomic E-state index is 6.12. The van der Waals surface area contributed by atoms with Gasteiger partial charge in [-0.1, -0.05) is 19.1 Å². The van der Waals surface area contributed by atoms with Gasteiger partial charge >= 0.3 is 0 Å². The second-order valence-corrected chi connectivity index (χ2v) is 4.67. The van der Waals surface area contributed by atoms with E-state index in [0.717, 1.165) is 30.5 Å². The van der Waals surface area contributed by atoms with Crippen molar-refractivity contribution in [3.05, 3.63) is 24.3 Å². The highest BCUT2D eigenvalue weighted by Crippen LogP contribution is 2.25. The van der Waals surface area contributed by atoms with Crippen LogP contribution in [-0.4, -0.2) is 33.8 Å². The minimum absolute atomic E-state index is 0.0744. The van der Waals surface area contributed by atoms with Crippen LogP contribution in [0.5, 0.6) is 0 Å². The highest BCUT2D eigenvalue weighted by molar-refractivity contribution is 5.74. The van der Waals surface area contributed by atoms with Gasteiger partial charge in [0, 0.05) is 13.1 Å². The molecule has 1 fully saturated rings. The Bertz CT molecular complexity index is 547. The Balaban J connectivity index is 1.88. The zero-order valence-corrected chi connectivity index (χ0v) is 9.80. The number of aromatic nitrogens is 3. The van der Waals surface area contributed by atoms with Crippen molar-refractivity contribution < 1.29 is 0 Å². The summed E-state index contributed by atoms with van der Waals surface area (Å²) in [4.78, 5) is 6.57. The molecule has 2 heterocycles. The Morgan fingerprint density at radius 3 is 2.65 bits per heavy atom. The van der Waals surface area contributed by atoms with Crippen molar-refractivity contribution >= 4 is 17.0 Å². The van der Waals surface area contributed by atoms with Gasteiger partial charge in [0.1, 0.15) is 5.52 Å². The third kappa shape index (κ3) is 1.72. The number of hydrogen-bond acceptors (Lipinski definition) is 5. The predicted molar refractivity (Wildman–Crippen MR) is 66.8 cm³/mol. The SMILES string of the molecule is CCC1(N)CN(c2nnc3ccccc3n2)C1. The number of para-hydroxylation sites is 1. The van der Waals surface area contributed by atoms with Crippen LogP contribution < -0.4 is 10.6 Å². The molecule has 0 atom stereocenters. The highest BCUT2D eigenvalue weighted by atomic mass is 15.4. The second-order valence-electron chi connectivity index (χ2n) is 4.67. The molecule has 17 heavy (non-hydrogen) atoms. The van der Waals surface area contributed by atoms with Crippen LogP contribution in [0.4, 0.5) is 5.95 Å². The molecule has 0 bridgehead atoms. The van der Waals surface area contributed by atoms with Crippen LogP contribution in [0.1, 0.15) is 13.3 Å². The van der Waals surface area contributed by atoms with Crippen molar-refractivity contribution in [1.29, 1.82) is 0 Å². The van der Waals surface area contributed by atoms with Gasteiger partial charge in [0.15, 0.2) is 0 Å². The lowest BCUT2D eigenvalue weighted by Gasteiger charge is -2.47. The summed E-state index contributed by atoms with van der Waals surface area (Å²) in [6.45, 7) is 3.73. The Labute approximate surface area is 99.7 Å². The molecule has 2 N–H and O–H groups in total. The van der Waals surface area contributed by atoms with Gasteiger partial charge < -0.3 is 10.6 Å². The van der Waals surface area contributed by atoms with E-state index in [9.17, 15) is 0 Å². The van der Waals surface area contributed by atoms with E-state index in [1.54, 1.807) is 0 Å². The smallest absolute Gasteiger partial charge is 0.246 e. The van der Waals surface area contributed by atoms with Gasteiger partial charge in [0.05, 0.1) is 11.1 Å². The number of anilines is 1. The fraction of sp³-hybridized carbons (Fsp3) is 0.417. The van der Waals surface area contributed by atoms with Crippen LogP contribution in [0.2, 0.25) is 0 Å². The Hall–Kier alpha value is -1.75. The van der Waals surface area contributed by atoms with E-state index in [1.807, 2.05) is 24.3 Å². The molecule has 2 aromatic rings. The first-order valence-corrected chi connectivity index (χ1v) is 5.83. The van der Waals surface area contributed by atoms with E-state index in [2.05, 4.69) is 27.0 Å². The maximum atomic E-state index is 6.12. The molecule has 5 heteroatoms. The third-order valence-electron chi connectivity index (χ3n) is 3.35. The number of nitrogens with two attached hydrogens (primary N) is 1. The molecular weight excluding hydrogens is 214 g/mol. The summed E-state index contributed by atoms with van der Waals surface area (Å²) in [5.74, 6) is 0.679. The zero-order chi connectivity index (χ0) is 11.9. The van der Waals surface area contributed by atoms with Crippen molar-refractivity contribution in [2.24, 2.45) is 5.73 Å². The van der Waals surface area contributed by atoms with Crippen LogP contribution in [-0.2, 0) is 0 Å². The summed E-state index contributed by atoms with van der Waals surface area (Å²) < 4.78 is 0. The van der Waals surface area contributed by atoms with Crippen LogP contribution in [0.3, 0.4) is 0 Å². The molecular formula is C12H15N5. The van der Waals surface area contributed by atoms with Crippen LogP contribution in [0, 0.1) is 0 Å². The summed E-state index contributed by atoms with van der Waals surface area (Å²) in [7, 11) is 0. The lowest BCUT2D eigenvalue weighted by atomic mass is 9.89. The minimum Gasteiger partial charge on any atom is -0.336 e. The van der Waals surface area contributed by atoms with E-state index in [0.29, 0.717) is 5.95 Å². The molecule has 1 aliphatic rings. The monoisotopic (exact) mass is 229 g/mol. The lowest BCUT2D eigenvalue weighted by molar-refractivity contribution is 0.317. The summed E-state index contributed by atoms with van der Waals surface area (Å²) in [5.41, 5.74) is 7.75. The standard InChI is InChI=1S/C12H15N5/c1-2-12(13)7-17(8-12)11-14-9-5-3-4-6-10(9)15-16-11/h3-6H,2,7-8,13H2,1H3. The molecule has 1 aromatic carbocycles. The molecule has 3 rings (SSSR count). The van der Waals surface area contributed by atoms with Crippen molar-refractivity contribution in [3.8, 4) is 0 Å². The normalized spacial score (nSPS) is 18.1. The van der Waals surface area contributed by atoms with Crippen molar-refractivity contribution in [2.75, 3.05) is 18.0 Å². The fourth-order valence-electron chi connectivity index (χ4n) is 2.08. The molecule has 88 valence electrons. The topological polar surface area (TPSA) is 67.9 Å². The molecule has 0 spiro atoms. The number of hydrogen-bond donors (Lipinski definition) is 1. The summed E-state index contributed by atoms with van der Waals surface area (Å²) in [6, 6.07) is 7.75. The second kappa shape index (κ2) is 3.63. The third-order valence-corrected chi connectivity index (χ3v) is 3.35. The highest BCUT2D eigenvalue weighted by Gasteiger charge is 2.39. The first-order valence-electron chi connectivity index (χ1n) is 5.83. The van der Waals surface area contributed by atoms with Crippen LogP contribution in [0.25, 0.3) is 11.0 Å². The van der Waals surface area contributed by atoms with E-state index >= 15 is 0 Å². The van der Waals surface area contributed by atoms with Crippen LogP contribution >= 0.6 is 0 Å². The maximum Gasteiger partial charge on any atom is 0.246 e. The zero-order valence-electron chi connectivity index (χ0n) is 9.80. The fourth-order valence-corrected chi connectivity index (χ4v) is 2.08. The van der Waals surface area contributed by atoms with Gasteiger partial charge in [-0.2, -0.15) is 0 Å². The largest absolute Gasteiger partial charge is 0.336 e. The Kier molecular flexibility index (Phi) is 2.22. The van der Waals surface area contributed by atoms with Gasteiger partial charge in [-0.25, -0.2) is 4.98 Å².